The van der Waals surface area contributed by atoms with Crippen LogP contribution >= 0.6 is 0 Å². The number of amides is 1. The van der Waals surface area contributed by atoms with Crippen LogP contribution in [0.3, 0.4) is 0 Å². The monoisotopic (exact) mass is 426 g/mol. The van der Waals surface area contributed by atoms with Gasteiger partial charge in [-0.3, -0.25) is 9.63 Å². The lowest BCUT2D eigenvalue weighted by Crippen LogP contribution is -2.47. The van der Waals surface area contributed by atoms with Crippen LogP contribution in [0.2, 0.25) is 0 Å². The largest absolute Gasteiger partial charge is 0.449 e. The zero-order valence-electron chi connectivity index (χ0n) is 17.5. The Morgan fingerprint density at radius 2 is 1.79 bits per heavy atom. The SMILES string of the molecule is CON(C)S(=O)(=O)c1ccc(C(=O)O[C@H](C)C(=O)N[C@@H]2CCC[C@@H](C)[C@H]2C)cc1. The van der Waals surface area contributed by atoms with E-state index in [-0.39, 0.29) is 22.4 Å². The van der Waals surface area contributed by atoms with Crippen LogP contribution in [0.5, 0.6) is 0 Å². The first kappa shape index (κ1) is 23.3. The summed E-state index contributed by atoms with van der Waals surface area (Å²) < 4.78 is 30.3. The fourth-order valence-corrected chi connectivity index (χ4v) is 4.35. The molecule has 2 rings (SSSR count). The maximum absolute atomic E-state index is 12.4. The number of benzene rings is 1. The lowest BCUT2D eigenvalue weighted by molar-refractivity contribution is -0.130. The Balaban J connectivity index is 1.98. The molecule has 1 aliphatic carbocycles. The van der Waals surface area contributed by atoms with Gasteiger partial charge in [0.25, 0.3) is 15.9 Å². The Hall–Kier alpha value is -1.97. The maximum atomic E-state index is 12.4. The van der Waals surface area contributed by atoms with Crippen molar-refractivity contribution in [3.05, 3.63) is 29.8 Å². The Labute approximate surface area is 172 Å². The second-order valence-corrected chi connectivity index (χ2v) is 9.49. The molecular formula is C20H30N2O6S. The van der Waals surface area contributed by atoms with Gasteiger partial charge in [-0.25, -0.2) is 13.2 Å². The zero-order chi connectivity index (χ0) is 21.8. The molecule has 0 saturated heterocycles. The van der Waals surface area contributed by atoms with Crippen molar-refractivity contribution in [2.75, 3.05) is 14.2 Å². The van der Waals surface area contributed by atoms with Crippen molar-refractivity contribution in [2.45, 2.75) is 57.1 Å². The summed E-state index contributed by atoms with van der Waals surface area (Å²) in [5, 5.41) is 2.99. The van der Waals surface area contributed by atoms with Crippen LogP contribution in [0, 0.1) is 11.8 Å². The summed E-state index contributed by atoms with van der Waals surface area (Å²) in [7, 11) is -1.29. The zero-order valence-corrected chi connectivity index (χ0v) is 18.4. The highest BCUT2D eigenvalue weighted by Gasteiger charge is 2.30. The number of rotatable bonds is 7. The molecule has 162 valence electrons. The Bertz CT molecular complexity index is 824. The molecule has 0 aromatic heterocycles. The molecule has 1 aromatic rings. The number of nitrogens with one attached hydrogen (secondary N) is 1. The molecule has 29 heavy (non-hydrogen) atoms. The van der Waals surface area contributed by atoms with Crippen LogP contribution in [0.25, 0.3) is 0 Å². The van der Waals surface area contributed by atoms with Crippen molar-refractivity contribution in [1.29, 1.82) is 0 Å². The van der Waals surface area contributed by atoms with Gasteiger partial charge in [-0.1, -0.05) is 31.2 Å². The third kappa shape index (κ3) is 5.55. The summed E-state index contributed by atoms with van der Waals surface area (Å²) in [4.78, 5) is 29.5. The molecule has 9 heteroatoms. The van der Waals surface area contributed by atoms with Gasteiger partial charge in [-0.05, 0) is 49.4 Å². The highest BCUT2D eigenvalue weighted by molar-refractivity contribution is 7.89. The second kappa shape index (κ2) is 9.69. The molecule has 0 unspecified atom stereocenters. The first-order chi connectivity index (χ1) is 13.6. The smallest absolute Gasteiger partial charge is 0.338 e. The van der Waals surface area contributed by atoms with Crippen LogP contribution in [-0.2, 0) is 24.4 Å². The molecule has 8 nitrogen and oxygen atoms in total. The second-order valence-electron chi connectivity index (χ2n) is 7.55. The Morgan fingerprint density at radius 3 is 2.38 bits per heavy atom. The van der Waals surface area contributed by atoms with E-state index in [2.05, 4.69) is 19.2 Å². The van der Waals surface area contributed by atoms with Gasteiger partial charge in [-0.2, -0.15) is 0 Å². The first-order valence-electron chi connectivity index (χ1n) is 9.72. The average Bonchev–Trinajstić information content (AvgIpc) is 2.70. The molecule has 4 atom stereocenters. The third-order valence-electron chi connectivity index (χ3n) is 5.67. The van der Waals surface area contributed by atoms with Gasteiger partial charge in [0.1, 0.15) is 0 Å². The number of hydrogen-bond donors (Lipinski definition) is 1. The van der Waals surface area contributed by atoms with Crippen LogP contribution in [0.4, 0.5) is 0 Å². The van der Waals surface area contributed by atoms with E-state index < -0.39 is 22.1 Å². The molecule has 1 aliphatic rings. The van der Waals surface area contributed by atoms with Gasteiger partial charge in [0, 0.05) is 13.1 Å². The minimum absolute atomic E-state index is 0.0235. The van der Waals surface area contributed by atoms with Crippen molar-refractivity contribution >= 4 is 21.9 Å². The molecule has 1 aromatic carbocycles. The van der Waals surface area contributed by atoms with Gasteiger partial charge in [0.15, 0.2) is 6.10 Å². The number of carbonyl (C=O) groups excluding carboxylic acids is 2. The average molecular weight is 427 g/mol. The topological polar surface area (TPSA) is 102 Å². The molecule has 0 aliphatic heterocycles. The normalized spacial score (nSPS) is 23.4. The summed E-state index contributed by atoms with van der Waals surface area (Å²) in [6.45, 7) is 5.83. The number of hydrogen-bond acceptors (Lipinski definition) is 6. The fraction of sp³-hybridized carbons (Fsp3) is 0.600. The van der Waals surface area contributed by atoms with E-state index in [1.165, 1.54) is 45.3 Å². The number of carbonyl (C=O) groups is 2. The number of esters is 1. The van der Waals surface area contributed by atoms with E-state index in [9.17, 15) is 18.0 Å². The van der Waals surface area contributed by atoms with Gasteiger partial charge in [0.2, 0.25) is 0 Å². The van der Waals surface area contributed by atoms with E-state index in [0.717, 1.165) is 23.7 Å². The van der Waals surface area contributed by atoms with Crippen LogP contribution in [0.1, 0.15) is 50.4 Å². The van der Waals surface area contributed by atoms with E-state index in [1.54, 1.807) is 0 Å². The van der Waals surface area contributed by atoms with E-state index in [4.69, 9.17) is 9.57 Å². The van der Waals surface area contributed by atoms with Crippen LogP contribution in [-0.4, -0.2) is 51.1 Å². The maximum Gasteiger partial charge on any atom is 0.338 e. The standard InChI is InChI=1S/C20H30N2O6S/c1-13-7-6-8-18(14(13)2)21-19(23)15(3)28-20(24)16-9-11-17(12-10-16)29(25,26)22(4)27-5/h9-15,18H,6-8H2,1-5H3,(H,21,23)/t13-,14-,15-,18-/m1/s1. The molecule has 0 spiro atoms. The summed E-state index contributed by atoms with van der Waals surface area (Å²) >= 11 is 0. The summed E-state index contributed by atoms with van der Waals surface area (Å²) in [6.07, 6.45) is 2.20. The minimum Gasteiger partial charge on any atom is -0.449 e. The molecule has 0 bridgehead atoms. The summed E-state index contributed by atoms with van der Waals surface area (Å²) in [6, 6.07) is 5.34. The van der Waals surface area contributed by atoms with Gasteiger partial charge in [0.05, 0.1) is 17.6 Å². The summed E-state index contributed by atoms with van der Waals surface area (Å²) in [5.41, 5.74) is 0.156. The molecule has 0 heterocycles. The lowest BCUT2D eigenvalue weighted by atomic mass is 9.78. The molecule has 1 saturated carbocycles. The van der Waals surface area contributed by atoms with Gasteiger partial charge in [-0.15, -0.1) is 0 Å². The predicted molar refractivity (Wildman–Crippen MR) is 107 cm³/mol. The molecule has 0 radical (unpaired) electrons. The fourth-order valence-electron chi connectivity index (χ4n) is 3.38. The predicted octanol–water partition coefficient (Wildman–Crippen LogP) is 2.35. The highest BCUT2D eigenvalue weighted by atomic mass is 32.2. The minimum atomic E-state index is -3.80. The van der Waals surface area contributed by atoms with Crippen molar-refractivity contribution in [3.63, 3.8) is 0 Å². The lowest BCUT2D eigenvalue weighted by Gasteiger charge is -2.35. The Kier molecular flexibility index (Phi) is 7.79. The number of nitrogens with zero attached hydrogens (tertiary/aromatic N) is 1. The van der Waals surface area contributed by atoms with Gasteiger partial charge >= 0.3 is 5.97 Å². The Morgan fingerprint density at radius 1 is 1.17 bits per heavy atom. The number of sulfonamides is 1. The quantitative estimate of drug-likeness (QED) is 0.530. The highest BCUT2D eigenvalue weighted by Crippen LogP contribution is 2.29. The third-order valence-corrected chi connectivity index (χ3v) is 7.36. The number of ether oxygens (including phenoxy) is 1. The van der Waals surface area contributed by atoms with Crippen molar-refractivity contribution in [3.8, 4) is 0 Å². The van der Waals surface area contributed by atoms with Crippen molar-refractivity contribution < 1.29 is 27.6 Å². The first-order valence-corrected chi connectivity index (χ1v) is 11.2. The van der Waals surface area contributed by atoms with E-state index in [1.807, 2.05) is 0 Å². The van der Waals surface area contributed by atoms with E-state index in [0.29, 0.717) is 11.8 Å². The number of hydroxylamine groups is 1. The molecule has 1 amide bonds. The summed E-state index contributed by atoms with van der Waals surface area (Å²) in [5.74, 6) is -0.110. The van der Waals surface area contributed by atoms with Crippen LogP contribution in [0.15, 0.2) is 29.2 Å². The molecule has 1 fully saturated rings. The van der Waals surface area contributed by atoms with Crippen LogP contribution < -0.4 is 5.32 Å². The molecule has 1 N–H and O–H groups in total. The van der Waals surface area contributed by atoms with Crippen molar-refractivity contribution in [1.82, 2.24) is 9.79 Å². The van der Waals surface area contributed by atoms with Gasteiger partial charge < -0.3 is 10.1 Å². The van der Waals surface area contributed by atoms with Crippen molar-refractivity contribution in [2.24, 2.45) is 11.8 Å². The molecular weight excluding hydrogens is 396 g/mol. The van der Waals surface area contributed by atoms with E-state index >= 15 is 0 Å².